The lowest BCUT2D eigenvalue weighted by Crippen LogP contribution is -2.38. The molecular weight excluding hydrogens is 436 g/mol. The molecule has 0 spiro atoms. The van der Waals surface area contributed by atoms with Gasteiger partial charge in [0.1, 0.15) is 23.4 Å². The molecule has 6 nitrogen and oxygen atoms in total. The molecule has 1 amide bonds. The summed E-state index contributed by atoms with van der Waals surface area (Å²) in [5.74, 6) is -0.203. The van der Waals surface area contributed by atoms with Gasteiger partial charge < -0.3 is 14.8 Å². The first-order chi connectivity index (χ1) is 15.0. The van der Waals surface area contributed by atoms with Crippen LogP contribution in [-0.4, -0.2) is 30.0 Å². The van der Waals surface area contributed by atoms with Crippen LogP contribution in [0.15, 0.2) is 60.0 Å². The molecule has 3 aromatic rings. The number of hydrogen-bond donors (Lipinski definition) is 1. The second kappa shape index (κ2) is 10.7. The van der Waals surface area contributed by atoms with E-state index in [1.807, 2.05) is 35.7 Å². The number of methoxy groups -OCH3 is 1. The summed E-state index contributed by atoms with van der Waals surface area (Å²) >= 11 is 7.61. The van der Waals surface area contributed by atoms with E-state index in [0.29, 0.717) is 10.7 Å². The maximum atomic E-state index is 12.2. The fraction of sp³-hybridized carbons (Fsp3) is 0.174. The van der Waals surface area contributed by atoms with Gasteiger partial charge in [0.15, 0.2) is 0 Å². The molecule has 0 saturated heterocycles. The summed E-state index contributed by atoms with van der Waals surface area (Å²) in [7, 11) is 1.59. The third kappa shape index (κ3) is 6.41. The predicted octanol–water partition coefficient (Wildman–Crippen LogP) is 4.73. The van der Waals surface area contributed by atoms with Gasteiger partial charge in [-0.25, -0.2) is 9.78 Å². The Morgan fingerprint density at radius 2 is 1.94 bits per heavy atom. The lowest BCUT2D eigenvalue weighted by atomic mass is 10.2. The first-order valence-electron chi connectivity index (χ1n) is 9.45. The smallest absolute Gasteiger partial charge is 0.328 e. The van der Waals surface area contributed by atoms with Crippen molar-refractivity contribution >= 4 is 40.9 Å². The van der Waals surface area contributed by atoms with Crippen LogP contribution in [0.4, 0.5) is 0 Å². The van der Waals surface area contributed by atoms with Crippen molar-refractivity contribution < 1.29 is 19.1 Å². The van der Waals surface area contributed by atoms with Crippen LogP contribution in [0.3, 0.4) is 0 Å². The topological polar surface area (TPSA) is 77.5 Å². The Labute approximate surface area is 189 Å². The lowest BCUT2D eigenvalue weighted by Gasteiger charge is -2.11. The molecule has 0 aliphatic rings. The number of rotatable bonds is 8. The van der Waals surface area contributed by atoms with Crippen LogP contribution in [0.25, 0.3) is 16.6 Å². The van der Waals surface area contributed by atoms with Crippen molar-refractivity contribution in [3.8, 4) is 16.3 Å². The van der Waals surface area contributed by atoms with E-state index >= 15 is 0 Å². The Balaban J connectivity index is 1.48. The van der Waals surface area contributed by atoms with Crippen LogP contribution in [0.2, 0.25) is 5.02 Å². The molecule has 0 aliphatic carbocycles. The maximum Gasteiger partial charge on any atom is 0.328 e. The summed E-state index contributed by atoms with van der Waals surface area (Å²) in [6.45, 7) is 1.58. The molecule has 2 aromatic carbocycles. The van der Waals surface area contributed by atoms with Gasteiger partial charge >= 0.3 is 5.97 Å². The van der Waals surface area contributed by atoms with Crippen molar-refractivity contribution in [1.82, 2.24) is 10.3 Å². The van der Waals surface area contributed by atoms with Crippen molar-refractivity contribution in [2.75, 3.05) is 7.11 Å². The highest BCUT2D eigenvalue weighted by Gasteiger charge is 2.17. The Morgan fingerprint density at radius 3 is 2.65 bits per heavy atom. The zero-order valence-electron chi connectivity index (χ0n) is 17.0. The summed E-state index contributed by atoms with van der Waals surface area (Å²) in [4.78, 5) is 28.7. The van der Waals surface area contributed by atoms with Crippen molar-refractivity contribution in [2.45, 2.75) is 19.6 Å². The quantitative estimate of drug-likeness (QED) is 0.391. The fourth-order valence-electron chi connectivity index (χ4n) is 2.61. The van der Waals surface area contributed by atoms with Gasteiger partial charge in [0.2, 0.25) is 5.91 Å². The molecule has 8 heteroatoms. The largest absolute Gasteiger partial charge is 0.497 e. The zero-order chi connectivity index (χ0) is 22.2. The molecule has 0 fully saturated rings. The minimum absolute atomic E-state index is 0.0156. The normalized spacial score (nSPS) is 11.8. The molecule has 0 unspecified atom stereocenters. The molecule has 1 heterocycles. The van der Waals surface area contributed by atoms with Crippen LogP contribution in [-0.2, 0) is 20.9 Å². The molecule has 1 N–H and O–H groups in total. The Hall–Kier alpha value is -3.16. The first-order valence-corrected chi connectivity index (χ1v) is 10.7. The fourth-order valence-corrected chi connectivity index (χ4v) is 3.73. The van der Waals surface area contributed by atoms with Crippen molar-refractivity contribution in [1.29, 1.82) is 0 Å². The number of thiazole rings is 1. The van der Waals surface area contributed by atoms with Crippen LogP contribution in [0.5, 0.6) is 5.75 Å². The van der Waals surface area contributed by atoms with Crippen molar-refractivity contribution in [3.05, 3.63) is 76.3 Å². The van der Waals surface area contributed by atoms with E-state index in [1.54, 1.807) is 38.3 Å². The van der Waals surface area contributed by atoms with Gasteiger partial charge in [0.25, 0.3) is 0 Å². The number of ether oxygens (including phenoxy) is 2. The minimum atomic E-state index is -0.797. The number of amides is 1. The van der Waals surface area contributed by atoms with E-state index in [-0.39, 0.29) is 6.61 Å². The SMILES string of the molecule is COc1ccc(C=CC(=O)N[C@@H](C)C(=O)OCc2csc(-c3ccccc3Cl)n2)cc1. The Kier molecular flexibility index (Phi) is 7.81. The standard InChI is InChI=1S/C23H21ClN2O4S/c1-15(25-21(27)12-9-16-7-10-18(29-2)11-8-16)23(28)30-13-17-14-31-22(26-17)19-5-3-4-6-20(19)24/h3-12,14-15H,13H2,1-2H3,(H,25,27)/t15-/m0/s1. The Morgan fingerprint density at radius 1 is 1.19 bits per heavy atom. The summed E-state index contributed by atoms with van der Waals surface area (Å²) in [6.07, 6.45) is 3.01. The van der Waals surface area contributed by atoms with Crippen LogP contribution < -0.4 is 10.1 Å². The van der Waals surface area contributed by atoms with E-state index < -0.39 is 17.9 Å². The monoisotopic (exact) mass is 456 g/mol. The molecule has 160 valence electrons. The summed E-state index contributed by atoms with van der Waals surface area (Å²) in [6, 6.07) is 13.9. The molecule has 31 heavy (non-hydrogen) atoms. The van der Waals surface area contributed by atoms with Gasteiger partial charge in [0.05, 0.1) is 17.8 Å². The highest BCUT2D eigenvalue weighted by Crippen LogP contribution is 2.30. The molecule has 0 aliphatic heterocycles. The van der Waals surface area contributed by atoms with Gasteiger partial charge in [-0.1, -0.05) is 41.9 Å². The van der Waals surface area contributed by atoms with E-state index in [4.69, 9.17) is 21.1 Å². The molecule has 0 radical (unpaired) electrons. The van der Waals surface area contributed by atoms with E-state index in [1.165, 1.54) is 17.4 Å². The van der Waals surface area contributed by atoms with E-state index in [0.717, 1.165) is 21.9 Å². The average molecular weight is 457 g/mol. The van der Waals surface area contributed by atoms with Gasteiger partial charge in [0, 0.05) is 17.0 Å². The van der Waals surface area contributed by atoms with Crippen molar-refractivity contribution in [3.63, 3.8) is 0 Å². The number of halogens is 1. The van der Waals surface area contributed by atoms with Crippen LogP contribution >= 0.6 is 22.9 Å². The Bertz CT molecular complexity index is 1080. The number of benzene rings is 2. The van der Waals surface area contributed by atoms with E-state index in [9.17, 15) is 9.59 Å². The molecule has 1 aromatic heterocycles. The van der Waals surface area contributed by atoms with Gasteiger partial charge in [-0.15, -0.1) is 11.3 Å². The molecule has 1 atom stereocenters. The number of aromatic nitrogens is 1. The van der Waals surface area contributed by atoms with Gasteiger partial charge in [-0.2, -0.15) is 0 Å². The average Bonchev–Trinajstić information content (AvgIpc) is 3.25. The third-order valence-electron chi connectivity index (χ3n) is 4.27. The number of nitrogens with zero attached hydrogens (tertiary/aromatic N) is 1. The number of carbonyl (C=O) groups excluding carboxylic acids is 2. The number of esters is 1. The summed E-state index contributed by atoms with van der Waals surface area (Å²) < 4.78 is 10.4. The second-order valence-corrected chi connectivity index (χ2v) is 7.83. The highest BCUT2D eigenvalue weighted by molar-refractivity contribution is 7.13. The molecule has 3 rings (SSSR count). The predicted molar refractivity (Wildman–Crippen MR) is 122 cm³/mol. The lowest BCUT2D eigenvalue weighted by molar-refractivity contribution is -0.148. The number of hydrogen-bond acceptors (Lipinski definition) is 6. The highest BCUT2D eigenvalue weighted by atomic mass is 35.5. The van der Waals surface area contributed by atoms with Gasteiger partial charge in [-0.3, -0.25) is 4.79 Å². The molecule has 0 saturated carbocycles. The summed E-state index contributed by atoms with van der Waals surface area (Å²) in [5, 5.41) is 5.76. The summed E-state index contributed by atoms with van der Waals surface area (Å²) in [5.41, 5.74) is 2.28. The zero-order valence-corrected chi connectivity index (χ0v) is 18.6. The van der Waals surface area contributed by atoms with Crippen molar-refractivity contribution in [2.24, 2.45) is 0 Å². The maximum absolute atomic E-state index is 12.2. The third-order valence-corrected chi connectivity index (χ3v) is 5.53. The van der Waals surface area contributed by atoms with Crippen LogP contribution in [0, 0.1) is 0 Å². The number of carbonyl (C=O) groups is 2. The van der Waals surface area contributed by atoms with E-state index in [2.05, 4.69) is 10.3 Å². The van der Waals surface area contributed by atoms with Gasteiger partial charge in [-0.05, 0) is 36.8 Å². The van der Waals surface area contributed by atoms with Crippen LogP contribution in [0.1, 0.15) is 18.2 Å². The first kappa shape index (κ1) is 22.5. The second-order valence-electron chi connectivity index (χ2n) is 6.57. The molecule has 0 bridgehead atoms. The molecular formula is C23H21ClN2O4S. The minimum Gasteiger partial charge on any atom is -0.497 e. The number of nitrogens with one attached hydrogen (secondary N) is 1.